The van der Waals surface area contributed by atoms with Crippen LogP contribution in [0.25, 0.3) is 0 Å². The maximum absolute atomic E-state index is 12.5. The van der Waals surface area contributed by atoms with Gasteiger partial charge in [0.1, 0.15) is 11.5 Å². The van der Waals surface area contributed by atoms with Gasteiger partial charge in [0, 0.05) is 7.05 Å². The Morgan fingerprint density at radius 2 is 2.20 bits per heavy atom. The summed E-state index contributed by atoms with van der Waals surface area (Å²) in [5, 5.41) is 3.84. The summed E-state index contributed by atoms with van der Waals surface area (Å²) < 4.78 is 35.8. The number of hydrogen-bond acceptors (Lipinski definition) is 6. The fraction of sp³-hybridized carbons (Fsp3) is 0.200. The van der Waals surface area contributed by atoms with E-state index in [2.05, 4.69) is 10.5 Å². The van der Waals surface area contributed by atoms with Crippen LogP contribution in [0, 0.1) is 0 Å². The van der Waals surface area contributed by atoms with E-state index < -0.39 is 22.5 Å². The number of furan rings is 1. The number of carbonyl (C=O) groups excluding carboxylic acids is 1. The number of hydrogen-bond donors (Lipinski definition) is 1. The van der Waals surface area contributed by atoms with Crippen LogP contribution in [-0.2, 0) is 14.8 Å². The maximum Gasteiger partial charge on any atom is 0.255 e. The third-order valence-electron chi connectivity index (χ3n) is 3.12. The van der Waals surface area contributed by atoms with Crippen molar-refractivity contribution in [1.82, 2.24) is 9.73 Å². The van der Waals surface area contributed by atoms with E-state index in [9.17, 15) is 13.2 Å². The fourth-order valence-corrected chi connectivity index (χ4v) is 3.32. The summed E-state index contributed by atoms with van der Waals surface area (Å²) in [5.41, 5.74) is 2.22. The van der Waals surface area contributed by atoms with Crippen molar-refractivity contribution in [3.63, 3.8) is 0 Å². The number of carbonyl (C=O) groups is 1. The number of nitrogens with one attached hydrogen (secondary N) is 1. The first-order chi connectivity index (χ1) is 11.8. The minimum atomic E-state index is -3.89. The summed E-state index contributed by atoms with van der Waals surface area (Å²) in [7, 11) is -1.18. The van der Waals surface area contributed by atoms with Crippen molar-refractivity contribution < 1.29 is 22.4 Å². The molecule has 1 aromatic heterocycles. The van der Waals surface area contributed by atoms with Gasteiger partial charge in [-0.3, -0.25) is 4.79 Å². The Balaban J connectivity index is 2.01. The molecular weight excluding hydrogens is 370 g/mol. The SMILES string of the molecule is COc1ccc(S(=O)(=O)N(C)CC(=O)N/N=C/c2ccco2)cc1Cl. The lowest BCUT2D eigenvalue weighted by Gasteiger charge is -2.16. The molecule has 8 nitrogen and oxygen atoms in total. The average Bonchev–Trinajstić information content (AvgIpc) is 3.08. The van der Waals surface area contributed by atoms with Gasteiger partial charge in [-0.15, -0.1) is 0 Å². The van der Waals surface area contributed by atoms with E-state index in [1.54, 1.807) is 12.1 Å². The standard InChI is InChI=1S/C15H16ClN3O5S/c1-19(10-15(20)18-17-9-11-4-3-7-24-11)25(21,22)12-5-6-14(23-2)13(16)8-12/h3-9H,10H2,1-2H3,(H,18,20)/b17-9+. The second-order valence-electron chi connectivity index (χ2n) is 4.87. The molecular formula is C15H16ClN3O5S. The fourth-order valence-electron chi connectivity index (χ4n) is 1.84. The number of amides is 1. The molecule has 10 heteroatoms. The van der Waals surface area contributed by atoms with Gasteiger partial charge in [-0.2, -0.15) is 9.41 Å². The van der Waals surface area contributed by atoms with E-state index in [1.165, 1.54) is 44.8 Å². The van der Waals surface area contributed by atoms with Gasteiger partial charge in [-0.05, 0) is 30.3 Å². The molecule has 0 aliphatic heterocycles. The summed E-state index contributed by atoms with van der Waals surface area (Å²) >= 11 is 5.95. The molecule has 1 amide bonds. The first-order valence-electron chi connectivity index (χ1n) is 7.00. The Bertz CT molecular complexity index is 865. The lowest BCUT2D eigenvalue weighted by molar-refractivity contribution is -0.121. The quantitative estimate of drug-likeness (QED) is 0.577. The highest BCUT2D eigenvalue weighted by Crippen LogP contribution is 2.27. The van der Waals surface area contributed by atoms with Crippen molar-refractivity contribution in [2.45, 2.75) is 4.90 Å². The van der Waals surface area contributed by atoms with Crippen LogP contribution in [0.3, 0.4) is 0 Å². The Labute approximate surface area is 150 Å². The van der Waals surface area contributed by atoms with Crippen molar-refractivity contribution in [3.8, 4) is 5.75 Å². The van der Waals surface area contributed by atoms with Crippen LogP contribution in [0.5, 0.6) is 5.75 Å². The molecule has 25 heavy (non-hydrogen) atoms. The molecule has 1 aromatic carbocycles. The van der Waals surface area contributed by atoms with E-state index in [-0.39, 0.29) is 9.92 Å². The second kappa shape index (κ2) is 8.15. The number of hydrazone groups is 1. The van der Waals surface area contributed by atoms with Crippen molar-refractivity contribution in [2.24, 2.45) is 5.10 Å². The van der Waals surface area contributed by atoms with Gasteiger partial charge in [0.15, 0.2) is 0 Å². The number of methoxy groups -OCH3 is 1. The molecule has 0 saturated carbocycles. The summed E-state index contributed by atoms with van der Waals surface area (Å²) in [6.07, 6.45) is 2.76. The molecule has 2 rings (SSSR count). The lowest BCUT2D eigenvalue weighted by Crippen LogP contribution is -2.36. The molecule has 0 atom stereocenters. The number of halogens is 1. The third kappa shape index (κ3) is 4.81. The van der Waals surface area contributed by atoms with Crippen molar-refractivity contribution >= 4 is 33.7 Å². The number of likely N-dealkylation sites (N-methyl/N-ethyl adjacent to an activating group) is 1. The number of sulfonamides is 1. The smallest absolute Gasteiger partial charge is 0.255 e. The van der Waals surface area contributed by atoms with E-state index >= 15 is 0 Å². The monoisotopic (exact) mass is 385 g/mol. The molecule has 0 radical (unpaired) electrons. The predicted molar refractivity (Wildman–Crippen MR) is 92.3 cm³/mol. The lowest BCUT2D eigenvalue weighted by atomic mass is 10.3. The Hall–Kier alpha value is -2.36. The van der Waals surface area contributed by atoms with Crippen LogP contribution in [0.15, 0.2) is 51.0 Å². The summed E-state index contributed by atoms with van der Waals surface area (Å²) in [6, 6.07) is 7.38. The molecule has 0 spiro atoms. The normalized spacial score (nSPS) is 11.8. The molecule has 0 unspecified atom stereocenters. The third-order valence-corrected chi connectivity index (χ3v) is 5.22. The second-order valence-corrected chi connectivity index (χ2v) is 7.32. The predicted octanol–water partition coefficient (Wildman–Crippen LogP) is 1.71. The number of rotatable bonds is 7. The molecule has 2 aromatic rings. The van der Waals surface area contributed by atoms with Gasteiger partial charge in [0.2, 0.25) is 10.0 Å². The Morgan fingerprint density at radius 1 is 1.44 bits per heavy atom. The Morgan fingerprint density at radius 3 is 2.80 bits per heavy atom. The number of nitrogens with zero attached hydrogens (tertiary/aromatic N) is 2. The molecule has 0 aliphatic rings. The van der Waals surface area contributed by atoms with Crippen LogP contribution < -0.4 is 10.2 Å². The van der Waals surface area contributed by atoms with E-state index in [0.29, 0.717) is 11.5 Å². The average molecular weight is 386 g/mol. The van der Waals surface area contributed by atoms with Crippen molar-refractivity contribution in [3.05, 3.63) is 47.4 Å². The molecule has 1 N–H and O–H groups in total. The molecule has 0 bridgehead atoms. The van der Waals surface area contributed by atoms with Gasteiger partial charge in [-0.1, -0.05) is 11.6 Å². The van der Waals surface area contributed by atoms with Crippen LogP contribution >= 0.6 is 11.6 Å². The molecule has 0 saturated heterocycles. The summed E-state index contributed by atoms with van der Waals surface area (Å²) in [4.78, 5) is 11.8. The van der Waals surface area contributed by atoms with Crippen LogP contribution in [0.4, 0.5) is 0 Å². The Kier molecular flexibility index (Phi) is 6.18. The highest BCUT2D eigenvalue weighted by atomic mass is 35.5. The van der Waals surface area contributed by atoms with E-state index in [4.69, 9.17) is 20.8 Å². The minimum Gasteiger partial charge on any atom is -0.495 e. The summed E-state index contributed by atoms with van der Waals surface area (Å²) in [5.74, 6) is 0.205. The number of ether oxygens (including phenoxy) is 1. The van der Waals surface area contributed by atoms with Crippen LogP contribution in [-0.4, -0.2) is 45.5 Å². The van der Waals surface area contributed by atoms with Gasteiger partial charge in [-0.25, -0.2) is 13.8 Å². The van der Waals surface area contributed by atoms with Crippen molar-refractivity contribution in [1.29, 1.82) is 0 Å². The molecule has 0 aliphatic carbocycles. The summed E-state index contributed by atoms with van der Waals surface area (Å²) in [6.45, 7) is -0.415. The molecule has 0 fully saturated rings. The van der Waals surface area contributed by atoms with Crippen molar-refractivity contribution in [2.75, 3.05) is 20.7 Å². The van der Waals surface area contributed by atoms with Crippen LogP contribution in [0.1, 0.15) is 5.76 Å². The zero-order chi connectivity index (χ0) is 18.4. The highest BCUT2D eigenvalue weighted by molar-refractivity contribution is 7.89. The first kappa shape index (κ1) is 19.0. The minimum absolute atomic E-state index is 0.0484. The van der Waals surface area contributed by atoms with E-state index in [0.717, 1.165) is 4.31 Å². The maximum atomic E-state index is 12.5. The van der Waals surface area contributed by atoms with Crippen LogP contribution in [0.2, 0.25) is 5.02 Å². The van der Waals surface area contributed by atoms with Gasteiger partial charge in [0.25, 0.3) is 5.91 Å². The topological polar surface area (TPSA) is 101 Å². The first-order valence-corrected chi connectivity index (χ1v) is 8.81. The highest BCUT2D eigenvalue weighted by Gasteiger charge is 2.23. The largest absolute Gasteiger partial charge is 0.495 e. The molecule has 134 valence electrons. The molecule has 1 heterocycles. The van der Waals surface area contributed by atoms with Gasteiger partial charge in [0.05, 0.1) is 36.1 Å². The van der Waals surface area contributed by atoms with E-state index in [1.807, 2.05) is 0 Å². The zero-order valence-corrected chi connectivity index (χ0v) is 15.0. The van der Waals surface area contributed by atoms with Gasteiger partial charge >= 0.3 is 0 Å². The van der Waals surface area contributed by atoms with Gasteiger partial charge < -0.3 is 9.15 Å². The zero-order valence-electron chi connectivity index (χ0n) is 13.5. The number of benzene rings is 1.